The Morgan fingerprint density at radius 2 is 1.62 bits per heavy atom. The van der Waals surface area contributed by atoms with E-state index in [0.717, 1.165) is 30.7 Å². The molecule has 4 nitrogen and oxygen atoms in total. The first-order chi connectivity index (χ1) is 12.4. The van der Waals surface area contributed by atoms with Gasteiger partial charge in [-0.05, 0) is 44.0 Å². The van der Waals surface area contributed by atoms with Crippen molar-refractivity contribution in [3.05, 3.63) is 41.6 Å². The van der Waals surface area contributed by atoms with Crippen molar-refractivity contribution < 1.29 is 13.2 Å². The van der Waals surface area contributed by atoms with Crippen LogP contribution in [0.5, 0.6) is 0 Å². The molecule has 1 aromatic heterocycles. The minimum atomic E-state index is -4.33. The Morgan fingerprint density at radius 1 is 0.962 bits per heavy atom. The summed E-state index contributed by atoms with van der Waals surface area (Å²) >= 11 is 0. The average molecular weight is 364 g/mol. The molecule has 1 saturated carbocycles. The molecule has 0 bridgehead atoms. The highest BCUT2D eigenvalue weighted by Gasteiger charge is 2.29. The smallest absolute Gasteiger partial charge is 0.351 e. The summed E-state index contributed by atoms with van der Waals surface area (Å²) in [6, 6.07) is 7.06. The zero-order valence-electron chi connectivity index (χ0n) is 14.7. The van der Waals surface area contributed by atoms with Gasteiger partial charge in [0.15, 0.2) is 0 Å². The Labute approximate surface area is 151 Å². The normalized spacial score (nSPS) is 16.2. The number of anilines is 3. The molecule has 2 aromatic rings. The van der Waals surface area contributed by atoms with E-state index in [1.807, 2.05) is 6.92 Å². The number of nitrogens with zero attached hydrogens (tertiary/aromatic N) is 2. The predicted octanol–water partition coefficient (Wildman–Crippen LogP) is 5.68. The van der Waals surface area contributed by atoms with E-state index in [-0.39, 0.29) is 0 Å². The summed E-state index contributed by atoms with van der Waals surface area (Å²) in [6.07, 6.45) is 2.85. The Balaban J connectivity index is 1.71. The molecule has 1 fully saturated rings. The molecule has 0 aliphatic heterocycles. The van der Waals surface area contributed by atoms with Crippen LogP contribution in [0.1, 0.15) is 49.8 Å². The van der Waals surface area contributed by atoms with Crippen molar-refractivity contribution in [1.82, 2.24) is 9.97 Å². The summed E-state index contributed by atoms with van der Waals surface area (Å²) in [5, 5.41) is 6.46. The van der Waals surface area contributed by atoms with Gasteiger partial charge in [0.1, 0.15) is 5.82 Å². The number of alkyl halides is 3. The lowest BCUT2D eigenvalue weighted by Gasteiger charge is -2.17. The molecule has 2 N–H and O–H groups in total. The van der Waals surface area contributed by atoms with E-state index in [4.69, 9.17) is 0 Å². The van der Waals surface area contributed by atoms with Gasteiger partial charge in [-0.1, -0.05) is 25.7 Å². The average Bonchev–Trinajstić information content (AvgIpc) is 2.82. The molecular weight excluding hydrogens is 341 g/mol. The number of aryl methyl sites for hydroxylation is 1. The van der Waals surface area contributed by atoms with E-state index in [9.17, 15) is 13.2 Å². The molecule has 0 saturated heterocycles. The van der Waals surface area contributed by atoms with Gasteiger partial charge in [-0.15, -0.1) is 0 Å². The summed E-state index contributed by atoms with van der Waals surface area (Å²) in [7, 11) is 0. The van der Waals surface area contributed by atoms with Crippen molar-refractivity contribution >= 4 is 17.5 Å². The van der Waals surface area contributed by atoms with E-state index in [1.54, 1.807) is 6.07 Å². The molecule has 0 spiro atoms. The van der Waals surface area contributed by atoms with E-state index < -0.39 is 11.7 Å². The number of hydrogen-bond donors (Lipinski definition) is 2. The monoisotopic (exact) mass is 364 g/mol. The second kappa shape index (κ2) is 7.93. The fourth-order valence-electron chi connectivity index (χ4n) is 3.19. The van der Waals surface area contributed by atoms with Crippen LogP contribution in [0.3, 0.4) is 0 Å². The molecule has 1 heterocycles. The first kappa shape index (κ1) is 18.5. The molecule has 7 heteroatoms. The first-order valence-electron chi connectivity index (χ1n) is 8.97. The zero-order chi connectivity index (χ0) is 18.6. The largest absolute Gasteiger partial charge is 0.416 e. The van der Waals surface area contributed by atoms with Crippen LogP contribution in [0.25, 0.3) is 0 Å². The second-order valence-electron chi connectivity index (χ2n) is 6.75. The highest BCUT2D eigenvalue weighted by atomic mass is 19.4. The third-order valence-corrected chi connectivity index (χ3v) is 4.53. The van der Waals surface area contributed by atoms with Crippen molar-refractivity contribution in [1.29, 1.82) is 0 Å². The van der Waals surface area contributed by atoms with E-state index in [2.05, 4.69) is 20.6 Å². The molecule has 0 radical (unpaired) electrons. The molecule has 3 rings (SSSR count). The van der Waals surface area contributed by atoms with Gasteiger partial charge in [0.05, 0.1) is 5.56 Å². The topological polar surface area (TPSA) is 49.8 Å². The van der Waals surface area contributed by atoms with Crippen LogP contribution >= 0.6 is 0 Å². The van der Waals surface area contributed by atoms with Crippen LogP contribution in [0.4, 0.5) is 30.6 Å². The summed E-state index contributed by atoms with van der Waals surface area (Å²) in [6.45, 7) is 1.87. The highest BCUT2D eigenvalue weighted by Crippen LogP contribution is 2.30. The quantitative estimate of drug-likeness (QED) is 0.685. The van der Waals surface area contributed by atoms with Crippen LogP contribution in [0.15, 0.2) is 30.3 Å². The number of benzene rings is 1. The lowest BCUT2D eigenvalue weighted by atomic mass is 10.1. The summed E-state index contributed by atoms with van der Waals surface area (Å²) in [5.41, 5.74) is 0.680. The summed E-state index contributed by atoms with van der Waals surface area (Å²) in [5.74, 6) is 1.12. The maximum absolute atomic E-state index is 12.7. The van der Waals surface area contributed by atoms with Crippen molar-refractivity contribution in [3.8, 4) is 0 Å². The first-order valence-corrected chi connectivity index (χ1v) is 8.97. The zero-order valence-corrected chi connectivity index (χ0v) is 14.7. The van der Waals surface area contributed by atoms with Crippen LogP contribution in [-0.2, 0) is 6.18 Å². The summed E-state index contributed by atoms with van der Waals surface area (Å²) < 4.78 is 38.0. The van der Waals surface area contributed by atoms with Gasteiger partial charge < -0.3 is 10.6 Å². The minimum absolute atomic E-state index is 0.373. The van der Waals surface area contributed by atoms with Crippen molar-refractivity contribution in [2.75, 3.05) is 10.6 Å². The molecule has 0 unspecified atom stereocenters. The molecule has 1 aliphatic carbocycles. The van der Waals surface area contributed by atoms with Crippen molar-refractivity contribution in [2.45, 2.75) is 57.7 Å². The molecule has 140 valence electrons. The number of halogens is 3. The van der Waals surface area contributed by atoms with Gasteiger partial charge in [-0.3, -0.25) is 0 Å². The molecule has 1 aromatic carbocycles. The Hall–Kier alpha value is -2.31. The SMILES string of the molecule is Cc1cc(Nc2ccc(C(F)(F)F)cc2)nc(NC2CCCCCC2)n1. The highest BCUT2D eigenvalue weighted by molar-refractivity contribution is 5.58. The van der Waals surface area contributed by atoms with Crippen LogP contribution < -0.4 is 10.6 Å². The van der Waals surface area contributed by atoms with Crippen LogP contribution in [-0.4, -0.2) is 16.0 Å². The van der Waals surface area contributed by atoms with Gasteiger partial charge in [0.2, 0.25) is 5.95 Å². The summed E-state index contributed by atoms with van der Waals surface area (Å²) in [4.78, 5) is 8.90. The van der Waals surface area contributed by atoms with Gasteiger partial charge in [0.25, 0.3) is 0 Å². The fourth-order valence-corrected chi connectivity index (χ4v) is 3.19. The fraction of sp³-hybridized carbons (Fsp3) is 0.474. The molecule has 0 atom stereocenters. The lowest BCUT2D eigenvalue weighted by Crippen LogP contribution is -2.20. The Morgan fingerprint density at radius 3 is 2.23 bits per heavy atom. The van der Waals surface area contributed by atoms with Gasteiger partial charge in [-0.25, -0.2) is 4.98 Å². The third-order valence-electron chi connectivity index (χ3n) is 4.53. The van der Waals surface area contributed by atoms with Crippen molar-refractivity contribution in [3.63, 3.8) is 0 Å². The van der Waals surface area contributed by atoms with Crippen LogP contribution in [0.2, 0.25) is 0 Å². The van der Waals surface area contributed by atoms with E-state index in [1.165, 1.54) is 37.8 Å². The second-order valence-corrected chi connectivity index (χ2v) is 6.75. The van der Waals surface area contributed by atoms with E-state index >= 15 is 0 Å². The standard InChI is InChI=1S/C19H23F3N4/c1-13-12-17(24-16-10-8-14(9-11-16)19(20,21)22)26-18(23-13)25-15-6-4-2-3-5-7-15/h8-12,15H,2-7H2,1H3,(H2,23,24,25,26). The third kappa shape index (κ3) is 5.09. The van der Waals surface area contributed by atoms with Crippen LogP contribution in [0, 0.1) is 6.92 Å². The Kier molecular flexibility index (Phi) is 5.64. The predicted molar refractivity (Wildman–Crippen MR) is 96.6 cm³/mol. The number of hydrogen-bond acceptors (Lipinski definition) is 4. The number of nitrogens with one attached hydrogen (secondary N) is 2. The lowest BCUT2D eigenvalue weighted by molar-refractivity contribution is -0.137. The maximum Gasteiger partial charge on any atom is 0.416 e. The number of rotatable bonds is 4. The minimum Gasteiger partial charge on any atom is -0.351 e. The van der Waals surface area contributed by atoms with Crippen molar-refractivity contribution in [2.24, 2.45) is 0 Å². The molecule has 26 heavy (non-hydrogen) atoms. The van der Waals surface area contributed by atoms with Gasteiger partial charge in [-0.2, -0.15) is 18.2 Å². The number of aromatic nitrogens is 2. The van der Waals surface area contributed by atoms with E-state index in [0.29, 0.717) is 23.5 Å². The molecule has 0 amide bonds. The van der Waals surface area contributed by atoms with Gasteiger partial charge >= 0.3 is 6.18 Å². The molecule has 1 aliphatic rings. The molecular formula is C19H23F3N4. The Bertz CT molecular complexity index is 721. The van der Waals surface area contributed by atoms with Gasteiger partial charge in [0, 0.05) is 23.5 Å². The maximum atomic E-state index is 12.7.